The lowest BCUT2D eigenvalue weighted by molar-refractivity contribution is 0.0474. The van der Waals surface area contributed by atoms with Gasteiger partial charge in [0, 0.05) is 31.6 Å². The first-order valence-electron chi connectivity index (χ1n) is 9.21. The van der Waals surface area contributed by atoms with Gasteiger partial charge in [0.1, 0.15) is 6.61 Å². The van der Waals surface area contributed by atoms with Crippen molar-refractivity contribution in [2.75, 3.05) is 0 Å². The molecular formula is C24H16Cl3NO2. The van der Waals surface area contributed by atoms with Crippen molar-refractivity contribution in [3.63, 3.8) is 0 Å². The van der Waals surface area contributed by atoms with Crippen LogP contribution in [-0.2, 0) is 11.3 Å². The molecule has 4 aromatic rings. The molecule has 0 aliphatic carbocycles. The van der Waals surface area contributed by atoms with Gasteiger partial charge in [-0.05, 0) is 42.8 Å². The molecule has 0 aliphatic rings. The van der Waals surface area contributed by atoms with E-state index >= 15 is 0 Å². The number of benzene rings is 3. The Morgan fingerprint density at radius 2 is 1.63 bits per heavy atom. The number of hydrogen-bond donors (Lipinski definition) is 0. The van der Waals surface area contributed by atoms with Crippen molar-refractivity contribution >= 4 is 51.7 Å². The lowest BCUT2D eigenvalue weighted by atomic mass is 9.98. The maximum absolute atomic E-state index is 13.2. The van der Waals surface area contributed by atoms with Gasteiger partial charge in [-0.2, -0.15) is 0 Å². The van der Waals surface area contributed by atoms with Crippen molar-refractivity contribution in [2.24, 2.45) is 0 Å². The average molecular weight is 457 g/mol. The normalized spacial score (nSPS) is 10.9. The SMILES string of the molecule is Cc1c(-c2cccc(Cl)c2)nc2ccccc2c1C(=O)OCc1c(Cl)cccc1Cl. The number of rotatable bonds is 4. The average Bonchev–Trinajstić information content (AvgIpc) is 2.72. The molecule has 0 aliphatic heterocycles. The molecule has 3 aromatic carbocycles. The minimum absolute atomic E-state index is 0.0278. The van der Waals surface area contributed by atoms with Crippen LogP contribution in [0.2, 0.25) is 15.1 Å². The van der Waals surface area contributed by atoms with Crippen LogP contribution in [0.3, 0.4) is 0 Å². The molecule has 150 valence electrons. The molecule has 0 N–H and O–H groups in total. The Morgan fingerprint density at radius 1 is 0.933 bits per heavy atom. The number of hydrogen-bond acceptors (Lipinski definition) is 3. The van der Waals surface area contributed by atoms with E-state index in [0.717, 1.165) is 10.9 Å². The largest absolute Gasteiger partial charge is 0.457 e. The monoisotopic (exact) mass is 455 g/mol. The zero-order chi connectivity index (χ0) is 21.3. The van der Waals surface area contributed by atoms with Gasteiger partial charge in [0.05, 0.1) is 16.8 Å². The number of para-hydroxylation sites is 1. The standard InChI is InChI=1S/C24H16Cl3NO2/c1-14-22(24(29)30-13-18-19(26)9-5-10-20(18)27)17-8-2-3-11-21(17)28-23(14)15-6-4-7-16(25)12-15/h2-12H,13H2,1H3. The van der Waals surface area contributed by atoms with E-state index < -0.39 is 5.97 Å². The van der Waals surface area contributed by atoms with Crippen LogP contribution in [0.1, 0.15) is 21.5 Å². The molecule has 0 spiro atoms. The molecule has 1 heterocycles. The van der Waals surface area contributed by atoms with E-state index in [1.807, 2.05) is 49.4 Å². The van der Waals surface area contributed by atoms with Gasteiger partial charge in [-0.1, -0.05) is 71.2 Å². The van der Waals surface area contributed by atoms with E-state index in [0.29, 0.717) is 43.0 Å². The molecule has 0 unspecified atom stereocenters. The zero-order valence-corrected chi connectivity index (χ0v) is 18.2. The summed E-state index contributed by atoms with van der Waals surface area (Å²) < 4.78 is 5.62. The summed E-state index contributed by atoms with van der Waals surface area (Å²) in [5, 5.41) is 2.22. The lowest BCUT2D eigenvalue weighted by Gasteiger charge is -2.15. The van der Waals surface area contributed by atoms with Gasteiger partial charge in [0.25, 0.3) is 0 Å². The Kier molecular flexibility index (Phi) is 5.96. The van der Waals surface area contributed by atoms with Crippen molar-refractivity contribution < 1.29 is 9.53 Å². The fourth-order valence-electron chi connectivity index (χ4n) is 3.37. The third-order valence-corrected chi connectivity index (χ3v) is 5.79. The van der Waals surface area contributed by atoms with Crippen molar-refractivity contribution in [2.45, 2.75) is 13.5 Å². The van der Waals surface area contributed by atoms with Gasteiger partial charge in [-0.15, -0.1) is 0 Å². The van der Waals surface area contributed by atoms with Crippen LogP contribution in [0.25, 0.3) is 22.2 Å². The van der Waals surface area contributed by atoms with Gasteiger partial charge < -0.3 is 4.74 Å². The van der Waals surface area contributed by atoms with E-state index in [9.17, 15) is 4.79 Å². The van der Waals surface area contributed by atoms with E-state index in [2.05, 4.69) is 0 Å². The van der Waals surface area contributed by atoms with Crippen LogP contribution >= 0.6 is 34.8 Å². The summed E-state index contributed by atoms with van der Waals surface area (Å²) in [6.07, 6.45) is 0. The molecule has 0 radical (unpaired) electrons. The van der Waals surface area contributed by atoms with Crippen LogP contribution in [0.5, 0.6) is 0 Å². The summed E-state index contributed by atoms with van der Waals surface area (Å²) in [5.74, 6) is -0.467. The first-order chi connectivity index (χ1) is 14.5. The highest BCUT2D eigenvalue weighted by atomic mass is 35.5. The molecule has 30 heavy (non-hydrogen) atoms. The second-order valence-electron chi connectivity index (χ2n) is 6.76. The minimum Gasteiger partial charge on any atom is -0.457 e. The number of nitrogens with zero attached hydrogens (tertiary/aromatic N) is 1. The molecule has 0 saturated carbocycles. The third-order valence-electron chi connectivity index (χ3n) is 4.85. The number of carbonyl (C=O) groups excluding carboxylic acids is 1. The molecule has 4 rings (SSSR count). The summed E-state index contributed by atoms with van der Waals surface area (Å²) in [6.45, 7) is 1.83. The van der Waals surface area contributed by atoms with Crippen molar-refractivity contribution in [1.82, 2.24) is 4.98 Å². The maximum Gasteiger partial charge on any atom is 0.339 e. The molecule has 1 aromatic heterocycles. The van der Waals surface area contributed by atoms with Gasteiger partial charge in [0.2, 0.25) is 0 Å². The predicted molar refractivity (Wildman–Crippen MR) is 123 cm³/mol. The highest BCUT2D eigenvalue weighted by molar-refractivity contribution is 6.36. The highest BCUT2D eigenvalue weighted by Crippen LogP contribution is 2.32. The third kappa shape index (κ3) is 4.01. The lowest BCUT2D eigenvalue weighted by Crippen LogP contribution is -2.10. The highest BCUT2D eigenvalue weighted by Gasteiger charge is 2.21. The molecule has 0 atom stereocenters. The molecule has 0 fully saturated rings. The van der Waals surface area contributed by atoms with E-state index in [4.69, 9.17) is 44.5 Å². The summed E-state index contributed by atoms with van der Waals surface area (Å²) in [5.41, 5.74) is 3.94. The Balaban J connectivity index is 1.79. The van der Waals surface area contributed by atoms with Crippen molar-refractivity contribution in [1.29, 1.82) is 0 Å². The van der Waals surface area contributed by atoms with Crippen LogP contribution in [0, 0.1) is 6.92 Å². The summed E-state index contributed by atoms with van der Waals surface area (Å²) >= 11 is 18.6. The minimum atomic E-state index is -0.467. The van der Waals surface area contributed by atoms with Crippen LogP contribution in [-0.4, -0.2) is 11.0 Å². The summed E-state index contributed by atoms with van der Waals surface area (Å²) in [7, 11) is 0. The Labute approximate surface area is 189 Å². The second kappa shape index (κ2) is 8.65. The van der Waals surface area contributed by atoms with Crippen LogP contribution in [0.15, 0.2) is 66.7 Å². The molecular weight excluding hydrogens is 441 g/mol. The fraction of sp³-hybridized carbons (Fsp3) is 0.0833. The van der Waals surface area contributed by atoms with Crippen LogP contribution < -0.4 is 0 Å². The molecule has 0 saturated heterocycles. The number of carbonyl (C=O) groups is 1. The summed E-state index contributed by atoms with van der Waals surface area (Å²) in [4.78, 5) is 17.9. The van der Waals surface area contributed by atoms with Crippen LogP contribution in [0.4, 0.5) is 0 Å². The fourth-order valence-corrected chi connectivity index (χ4v) is 4.06. The topological polar surface area (TPSA) is 39.2 Å². The number of esters is 1. The number of halogens is 3. The second-order valence-corrected chi connectivity index (χ2v) is 8.02. The summed E-state index contributed by atoms with van der Waals surface area (Å²) in [6, 6.07) is 20.0. The van der Waals surface area contributed by atoms with Gasteiger partial charge in [0.15, 0.2) is 0 Å². The van der Waals surface area contributed by atoms with E-state index in [1.165, 1.54) is 0 Å². The molecule has 0 amide bonds. The Bertz CT molecular complexity index is 1250. The Morgan fingerprint density at radius 3 is 2.37 bits per heavy atom. The predicted octanol–water partition coefficient (Wildman–Crippen LogP) is 7.53. The first kappa shape index (κ1) is 20.7. The smallest absolute Gasteiger partial charge is 0.339 e. The van der Waals surface area contributed by atoms with E-state index in [-0.39, 0.29) is 6.61 Å². The van der Waals surface area contributed by atoms with Crippen molar-refractivity contribution in [3.8, 4) is 11.3 Å². The molecule has 6 heteroatoms. The zero-order valence-electron chi connectivity index (χ0n) is 16.0. The van der Waals surface area contributed by atoms with E-state index in [1.54, 1.807) is 24.3 Å². The van der Waals surface area contributed by atoms with Gasteiger partial charge >= 0.3 is 5.97 Å². The van der Waals surface area contributed by atoms with Gasteiger partial charge in [-0.25, -0.2) is 9.78 Å². The number of pyridine rings is 1. The number of aromatic nitrogens is 1. The first-order valence-corrected chi connectivity index (χ1v) is 10.3. The Hall–Kier alpha value is -2.59. The number of fused-ring (bicyclic) bond motifs is 1. The number of ether oxygens (including phenoxy) is 1. The molecule has 3 nitrogen and oxygen atoms in total. The maximum atomic E-state index is 13.2. The van der Waals surface area contributed by atoms with Gasteiger partial charge in [-0.3, -0.25) is 0 Å². The van der Waals surface area contributed by atoms with Crippen molar-refractivity contribution in [3.05, 3.63) is 98.5 Å². The quantitative estimate of drug-likeness (QED) is 0.298. The molecule has 0 bridgehead atoms.